The van der Waals surface area contributed by atoms with Crippen LogP contribution >= 0.6 is 27.7 Å². The summed E-state index contributed by atoms with van der Waals surface area (Å²) < 4.78 is 1.25. The van der Waals surface area contributed by atoms with Crippen molar-refractivity contribution < 1.29 is 0 Å². The van der Waals surface area contributed by atoms with Gasteiger partial charge in [-0.25, -0.2) is 0 Å². The molecule has 0 nitrogen and oxygen atoms in total. The molecule has 0 N–H and O–H groups in total. The molecule has 0 bridgehead atoms. The number of hydrogen-bond acceptors (Lipinski definition) is 1. The molecule has 15 heavy (non-hydrogen) atoms. The Bertz CT molecular complexity index is 305. The summed E-state index contributed by atoms with van der Waals surface area (Å²) in [6, 6.07) is 8.54. The molecule has 2 rings (SSSR count). The van der Waals surface area contributed by atoms with Gasteiger partial charge >= 0.3 is 0 Å². The standard InChI is InChI=1S/C13H17BrS/c14-13-8-4-3-7-12(13)10-15-9-11-5-1-2-6-11/h3-4,7-8,11H,1-2,5-6,9-10H2. The van der Waals surface area contributed by atoms with E-state index >= 15 is 0 Å². The second-order valence-corrected chi connectivity index (χ2v) is 6.14. The lowest BCUT2D eigenvalue weighted by Crippen LogP contribution is -1.97. The SMILES string of the molecule is Brc1ccccc1CSCC1CCCC1. The van der Waals surface area contributed by atoms with E-state index in [-0.39, 0.29) is 0 Å². The van der Waals surface area contributed by atoms with E-state index in [0.717, 1.165) is 11.7 Å². The highest BCUT2D eigenvalue weighted by atomic mass is 79.9. The molecule has 1 aliphatic rings. The molecule has 0 saturated heterocycles. The number of thioether (sulfide) groups is 1. The van der Waals surface area contributed by atoms with Crippen LogP contribution < -0.4 is 0 Å². The van der Waals surface area contributed by atoms with E-state index in [9.17, 15) is 0 Å². The van der Waals surface area contributed by atoms with E-state index in [1.54, 1.807) is 0 Å². The first kappa shape index (κ1) is 11.5. The minimum atomic E-state index is 0.998. The highest BCUT2D eigenvalue weighted by Gasteiger charge is 2.14. The van der Waals surface area contributed by atoms with Gasteiger partial charge in [0.1, 0.15) is 0 Å². The van der Waals surface area contributed by atoms with Crippen LogP contribution in [0.25, 0.3) is 0 Å². The van der Waals surface area contributed by atoms with Gasteiger partial charge in [0.15, 0.2) is 0 Å². The third-order valence-corrected chi connectivity index (χ3v) is 5.04. The van der Waals surface area contributed by atoms with Crippen molar-refractivity contribution in [2.75, 3.05) is 5.75 Å². The zero-order valence-corrected chi connectivity index (χ0v) is 11.3. The molecule has 0 aromatic heterocycles. The second kappa shape index (κ2) is 5.95. The quantitative estimate of drug-likeness (QED) is 0.760. The summed E-state index contributed by atoms with van der Waals surface area (Å²) in [4.78, 5) is 0. The van der Waals surface area contributed by atoms with E-state index in [4.69, 9.17) is 0 Å². The molecule has 0 spiro atoms. The third kappa shape index (κ3) is 3.53. The largest absolute Gasteiger partial charge is 0.157 e. The van der Waals surface area contributed by atoms with E-state index in [2.05, 4.69) is 52.0 Å². The Morgan fingerprint density at radius 3 is 2.67 bits per heavy atom. The normalized spacial score (nSPS) is 17.1. The average molecular weight is 285 g/mol. The van der Waals surface area contributed by atoms with Gasteiger partial charge in [-0.1, -0.05) is 47.0 Å². The summed E-state index contributed by atoms with van der Waals surface area (Å²) >= 11 is 5.68. The first-order chi connectivity index (χ1) is 7.36. The van der Waals surface area contributed by atoms with Crippen LogP contribution in [0, 0.1) is 5.92 Å². The maximum atomic E-state index is 3.60. The van der Waals surface area contributed by atoms with Gasteiger partial charge < -0.3 is 0 Å². The lowest BCUT2D eigenvalue weighted by molar-refractivity contribution is 0.623. The summed E-state index contributed by atoms with van der Waals surface area (Å²) in [5.41, 5.74) is 1.43. The van der Waals surface area contributed by atoms with Crippen LogP contribution in [0.2, 0.25) is 0 Å². The van der Waals surface area contributed by atoms with Gasteiger partial charge in [0, 0.05) is 10.2 Å². The van der Waals surface area contributed by atoms with Gasteiger partial charge in [0.25, 0.3) is 0 Å². The van der Waals surface area contributed by atoms with E-state index in [0.29, 0.717) is 0 Å². The lowest BCUT2D eigenvalue weighted by Gasteiger charge is -2.08. The van der Waals surface area contributed by atoms with Gasteiger partial charge in [-0.2, -0.15) is 11.8 Å². The smallest absolute Gasteiger partial charge is 0.0215 e. The van der Waals surface area contributed by atoms with Crippen LogP contribution in [0.5, 0.6) is 0 Å². The van der Waals surface area contributed by atoms with Gasteiger partial charge in [-0.05, 0) is 36.1 Å². The molecular formula is C13H17BrS. The molecule has 0 amide bonds. The van der Waals surface area contributed by atoms with Crippen LogP contribution in [0.4, 0.5) is 0 Å². The first-order valence-corrected chi connectivity index (χ1v) is 7.62. The van der Waals surface area contributed by atoms with Gasteiger partial charge in [-0.3, -0.25) is 0 Å². The molecule has 1 fully saturated rings. The van der Waals surface area contributed by atoms with Crippen LogP contribution in [0.15, 0.2) is 28.7 Å². The number of halogens is 1. The van der Waals surface area contributed by atoms with Crippen molar-refractivity contribution in [2.45, 2.75) is 31.4 Å². The fraction of sp³-hybridized carbons (Fsp3) is 0.538. The van der Waals surface area contributed by atoms with Gasteiger partial charge in [0.05, 0.1) is 0 Å². The first-order valence-electron chi connectivity index (χ1n) is 5.67. The van der Waals surface area contributed by atoms with Crippen LogP contribution in [-0.2, 0) is 5.75 Å². The Morgan fingerprint density at radius 1 is 1.20 bits per heavy atom. The molecular weight excluding hydrogens is 268 g/mol. The highest BCUT2D eigenvalue weighted by Crippen LogP contribution is 2.30. The van der Waals surface area contributed by atoms with Crippen molar-refractivity contribution in [3.63, 3.8) is 0 Å². The molecule has 1 aromatic rings. The third-order valence-electron chi connectivity index (χ3n) is 3.04. The summed E-state index contributed by atoms with van der Waals surface area (Å²) in [5.74, 6) is 3.50. The molecule has 0 aliphatic heterocycles. The van der Waals surface area contributed by atoms with Crippen LogP contribution in [-0.4, -0.2) is 5.75 Å². The van der Waals surface area contributed by atoms with E-state index in [1.165, 1.54) is 41.5 Å². The minimum absolute atomic E-state index is 0.998. The van der Waals surface area contributed by atoms with Crippen LogP contribution in [0.1, 0.15) is 31.2 Å². The molecule has 1 aromatic carbocycles. The van der Waals surface area contributed by atoms with Crippen molar-refractivity contribution >= 4 is 27.7 Å². The summed E-state index contributed by atoms with van der Waals surface area (Å²) in [6.45, 7) is 0. The number of benzene rings is 1. The topological polar surface area (TPSA) is 0 Å². The lowest BCUT2D eigenvalue weighted by atomic mass is 10.1. The minimum Gasteiger partial charge on any atom is -0.157 e. The molecule has 1 aliphatic carbocycles. The molecule has 0 atom stereocenters. The van der Waals surface area contributed by atoms with Gasteiger partial charge in [-0.15, -0.1) is 0 Å². The summed E-state index contributed by atoms with van der Waals surface area (Å²) in [5, 5.41) is 0. The molecule has 0 unspecified atom stereocenters. The molecule has 0 heterocycles. The predicted molar refractivity (Wildman–Crippen MR) is 72.3 cm³/mol. The Labute approximate surface area is 105 Å². The zero-order valence-electron chi connectivity index (χ0n) is 8.92. The maximum absolute atomic E-state index is 3.60. The van der Waals surface area contributed by atoms with Crippen molar-refractivity contribution in [1.29, 1.82) is 0 Å². The van der Waals surface area contributed by atoms with Crippen molar-refractivity contribution in [3.05, 3.63) is 34.3 Å². The average Bonchev–Trinajstić information content (AvgIpc) is 2.74. The van der Waals surface area contributed by atoms with Crippen molar-refractivity contribution in [3.8, 4) is 0 Å². The van der Waals surface area contributed by atoms with E-state index < -0.39 is 0 Å². The molecule has 0 radical (unpaired) electrons. The monoisotopic (exact) mass is 284 g/mol. The maximum Gasteiger partial charge on any atom is 0.0215 e. The summed E-state index contributed by atoms with van der Waals surface area (Å²) in [6.07, 6.45) is 5.84. The molecule has 82 valence electrons. The molecule has 1 saturated carbocycles. The Kier molecular flexibility index (Phi) is 4.58. The fourth-order valence-electron chi connectivity index (χ4n) is 2.13. The fourth-order valence-corrected chi connectivity index (χ4v) is 3.99. The second-order valence-electron chi connectivity index (χ2n) is 4.26. The van der Waals surface area contributed by atoms with Crippen molar-refractivity contribution in [1.82, 2.24) is 0 Å². The molecule has 2 heteroatoms. The zero-order chi connectivity index (χ0) is 10.5. The Hall–Kier alpha value is 0.0500. The Balaban J connectivity index is 1.75. The van der Waals surface area contributed by atoms with E-state index in [1.807, 2.05) is 0 Å². The summed E-state index contributed by atoms with van der Waals surface area (Å²) in [7, 11) is 0. The Morgan fingerprint density at radius 2 is 1.93 bits per heavy atom. The van der Waals surface area contributed by atoms with Crippen molar-refractivity contribution in [2.24, 2.45) is 5.92 Å². The highest BCUT2D eigenvalue weighted by molar-refractivity contribution is 9.10. The van der Waals surface area contributed by atoms with Gasteiger partial charge in [0.2, 0.25) is 0 Å². The number of hydrogen-bond donors (Lipinski definition) is 0. The predicted octanol–water partition coefficient (Wildman–Crippen LogP) is 4.87. The number of rotatable bonds is 4. The van der Waals surface area contributed by atoms with Crippen LogP contribution in [0.3, 0.4) is 0 Å².